The van der Waals surface area contributed by atoms with Crippen molar-refractivity contribution in [2.24, 2.45) is 0 Å². The second-order valence-corrected chi connectivity index (χ2v) is 7.06. The molecule has 162 valence electrons. The average Bonchev–Trinajstić information content (AvgIpc) is 3.06. The number of nitrogens with one attached hydrogen (secondary N) is 1. The maximum atomic E-state index is 13.1. The largest absolute Gasteiger partial charge is 0.462 e. The van der Waals surface area contributed by atoms with Gasteiger partial charge in [0.2, 0.25) is 0 Å². The summed E-state index contributed by atoms with van der Waals surface area (Å²) in [5, 5.41) is 12.1. The number of hydrogen-bond acceptors (Lipinski definition) is 4. The van der Waals surface area contributed by atoms with Gasteiger partial charge in [-0.2, -0.15) is 5.26 Å². The fourth-order valence-corrected chi connectivity index (χ4v) is 3.35. The molecule has 1 amide bonds. The highest BCUT2D eigenvalue weighted by Crippen LogP contribution is 2.24. The van der Waals surface area contributed by atoms with E-state index in [1.165, 1.54) is 30.3 Å². The summed E-state index contributed by atoms with van der Waals surface area (Å²) in [7, 11) is 0. The van der Waals surface area contributed by atoms with E-state index in [1.54, 1.807) is 25.1 Å². The number of benzene rings is 2. The second-order valence-electron chi connectivity index (χ2n) is 7.06. The number of aryl methyl sites for hydroxylation is 1. The van der Waals surface area contributed by atoms with Crippen LogP contribution in [0.4, 0.5) is 10.1 Å². The molecule has 1 heterocycles. The van der Waals surface area contributed by atoms with Crippen molar-refractivity contribution >= 4 is 23.6 Å². The molecule has 7 heteroatoms. The Morgan fingerprint density at radius 2 is 1.88 bits per heavy atom. The Balaban J connectivity index is 1.92. The Hall–Kier alpha value is -4.18. The Kier molecular flexibility index (Phi) is 6.86. The summed E-state index contributed by atoms with van der Waals surface area (Å²) in [5.41, 5.74) is 3.85. The molecule has 32 heavy (non-hydrogen) atoms. The summed E-state index contributed by atoms with van der Waals surface area (Å²) < 4.78 is 20.1. The fraction of sp³-hybridized carbons (Fsp3) is 0.160. The molecule has 0 unspecified atom stereocenters. The molecule has 0 fully saturated rings. The van der Waals surface area contributed by atoms with Crippen molar-refractivity contribution < 1.29 is 18.7 Å². The summed E-state index contributed by atoms with van der Waals surface area (Å²) in [6.45, 7) is 5.80. The van der Waals surface area contributed by atoms with Gasteiger partial charge in [0.05, 0.1) is 12.2 Å². The van der Waals surface area contributed by atoms with Gasteiger partial charge in [-0.25, -0.2) is 9.18 Å². The summed E-state index contributed by atoms with van der Waals surface area (Å²) in [5.74, 6) is -1.41. The van der Waals surface area contributed by atoms with E-state index in [9.17, 15) is 19.2 Å². The number of carbonyl (C=O) groups is 2. The molecule has 0 bridgehead atoms. The Bertz CT molecular complexity index is 1230. The van der Waals surface area contributed by atoms with E-state index in [0.717, 1.165) is 17.1 Å². The van der Waals surface area contributed by atoms with Crippen LogP contribution in [0.5, 0.6) is 0 Å². The van der Waals surface area contributed by atoms with Crippen LogP contribution in [-0.4, -0.2) is 23.1 Å². The highest BCUT2D eigenvalue weighted by molar-refractivity contribution is 6.09. The molecule has 2 aromatic carbocycles. The van der Waals surface area contributed by atoms with Gasteiger partial charge in [0.1, 0.15) is 17.5 Å². The molecule has 0 aliphatic heterocycles. The number of nitriles is 1. The van der Waals surface area contributed by atoms with Gasteiger partial charge in [0.15, 0.2) is 0 Å². The third-order valence-corrected chi connectivity index (χ3v) is 4.85. The van der Waals surface area contributed by atoms with Crippen molar-refractivity contribution in [2.45, 2.75) is 20.8 Å². The molecule has 0 saturated carbocycles. The lowest BCUT2D eigenvalue weighted by Gasteiger charge is -2.11. The zero-order valence-electron chi connectivity index (χ0n) is 18.0. The number of nitrogens with zero attached hydrogens (tertiary/aromatic N) is 2. The number of amides is 1. The summed E-state index contributed by atoms with van der Waals surface area (Å²) in [6, 6.07) is 16.1. The Labute approximate surface area is 185 Å². The maximum absolute atomic E-state index is 13.1. The number of anilines is 1. The molecular formula is C25H22FN3O3. The van der Waals surface area contributed by atoms with Crippen LogP contribution in [0.3, 0.4) is 0 Å². The van der Waals surface area contributed by atoms with Crippen molar-refractivity contribution in [3.05, 3.63) is 88.5 Å². The standard InChI is InChI=1S/C25H22FN3O3/c1-4-32-25(31)18-6-5-7-23(14-18)29-16(2)12-19(17(29)3)13-20(15-27)24(30)28-22-10-8-21(26)9-11-22/h5-14H,4H2,1-3H3,(H,28,30)/b20-13-. The molecule has 6 nitrogen and oxygen atoms in total. The van der Waals surface area contributed by atoms with Crippen LogP contribution in [0.25, 0.3) is 11.8 Å². The lowest BCUT2D eigenvalue weighted by molar-refractivity contribution is -0.112. The topological polar surface area (TPSA) is 84.1 Å². The zero-order chi connectivity index (χ0) is 23.3. The first-order valence-electron chi connectivity index (χ1n) is 9.99. The van der Waals surface area contributed by atoms with Crippen molar-refractivity contribution in [3.8, 4) is 11.8 Å². The van der Waals surface area contributed by atoms with Gasteiger partial charge in [-0.15, -0.1) is 0 Å². The first kappa shape index (κ1) is 22.5. The number of carbonyl (C=O) groups excluding carboxylic acids is 2. The number of ether oxygens (including phenoxy) is 1. The van der Waals surface area contributed by atoms with Gasteiger partial charge in [0, 0.05) is 22.8 Å². The van der Waals surface area contributed by atoms with Crippen molar-refractivity contribution in [1.82, 2.24) is 4.57 Å². The van der Waals surface area contributed by atoms with Crippen LogP contribution in [0.1, 0.15) is 34.2 Å². The van der Waals surface area contributed by atoms with Crippen molar-refractivity contribution in [2.75, 3.05) is 11.9 Å². The lowest BCUT2D eigenvalue weighted by atomic mass is 10.1. The van der Waals surface area contributed by atoms with Crippen LogP contribution in [-0.2, 0) is 9.53 Å². The smallest absolute Gasteiger partial charge is 0.338 e. The number of aromatic nitrogens is 1. The predicted molar refractivity (Wildman–Crippen MR) is 120 cm³/mol. The van der Waals surface area contributed by atoms with E-state index < -0.39 is 17.7 Å². The summed E-state index contributed by atoms with van der Waals surface area (Å²) in [6.07, 6.45) is 1.51. The van der Waals surface area contributed by atoms with Crippen LogP contribution < -0.4 is 5.32 Å². The number of halogens is 1. The molecule has 3 aromatic rings. The molecular weight excluding hydrogens is 409 g/mol. The first-order chi connectivity index (χ1) is 15.3. The van der Waals surface area contributed by atoms with E-state index in [0.29, 0.717) is 16.8 Å². The van der Waals surface area contributed by atoms with Gasteiger partial charge < -0.3 is 14.6 Å². The van der Waals surface area contributed by atoms with E-state index >= 15 is 0 Å². The van der Waals surface area contributed by atoms with Crippen LogP contribution >= 0.6 is 0 Å². The minimum absolute atomic E-state index is 0.0881. The van der Waals surface area contributed by atoms with Gasteiger partial charge >= 0.3 is 5.97 Å². The first-order valence-corrected chi connectivity index (χ1v) is 9.99. The molecule has 0 saturated heterocycles. The molecule has 0 aliphatic carbocycles. The number of esters is 1. The third kappa shape index (κ3) is 4.93. The molecule has 1 N–H and O–H groups in total. The van der Waals surface area contributed by atoms with Crippen molar-refractivity contribution in [1.29, 1.82) is 5.26 Å². The summed E-state index contributed by atoms with van der Waals surface area (Å²) >= 11 is 0. The molecule has 0 atom stereocenters. The SMILES string of the molecule is CCOC(=O)c1cccc(-n2c(C)cc(/C=C(/C#N)C(=O)Nc3ccc(F)cc3)c2C)c1. The van der Waals surface area contributed by atoms with E-state index in [2.05, 4.69) is 5.32 Å². The van der Waals surface area contributed by atoms with E-state index in [4.69, 9.17) is 4.74 Å². The normalized spacial score (nSPS) is 11.0. The minimum atomic E-state index is -0.590. The average molecular weight is 431 g/mol. The quantitative estimate of drug-likeness (QED) is 0.340. The Morgan fingerprint density at radius 1 is 1.16 bits per heavy atom. The highest BCUT2D eigenvalue weighted by Gasteiger charge is 2.15. The van der Waals surface area contributed by atoms with Crippen molar-refractivity contribution in [3.63, 3.8) is 0 Å². The fourth-order valence-electron chi connectivity index (χ4n) is 3.35. The number of hydrogen-bond donors (Lipinski definition) is 1. The monoisotopic (exact) mass is 431 g/mol. The Morgan fingerprint density at radius 3 is 2.53 bits per heavy atom. The van der Waals surface area contributed by atoms with Crippen LogP contribution in [0, 0.1) is 31.0 Å². The molecule has 1 aromatic heterocycles. The molecule has 0 aliphatic rings. The van der Waals surface area contributed by atoms with Gasteiger partial charge in [-0.1, -0.05) is 6.07 Å². The van der Waals surface area contributed by atoms with Crippen LogP contribution in [0.2, 0.25) is 0 Å². The minimum Gasteiger partial charge on any atom is -0.462 e. The zero-order valence-corrected chi connectivity index (χ0v) is 18.0. The summed E-state index contributed by atoms with van der Waals surface area (Å²) in [4.78, 5) is 24.6. The molecule has 0 spiro atoms. The molecule has 3 rings (SSSR count). The molecule has 0 radical (unpaired) electrons. The highest BCUT2D eigenvalue weighted by atomic mass is 19.1. The predicted octanol–water partition coefficient (Wildman–Crippen LogP) is 4.96. The van der Waals surface area contributed by atoms with Gasteiger partial charge in [-0.05, 0) is 80.9 Å². The third-order valence-electron chi connectivity index (χ3n) is 4.85. The van der Waals surface area contributed by atoms with E-state index in [-0.39, 0.29) is 12.2 Å². The van der Waals surface area contributed by atoms with Gasteiger partial charge in [-0.3, -0.25) is 4.79 Å². The van der Waals surface area contributed by atoms with E-state index in [1.807, 2.05) is 36.6 Å². The second kappa shape index (κ2) is 9.75. The number of rotatable bonds is 6. The van der Waals surface area contributed by atoms with Gasteiger partial charge in [0.25, 0.3) is 5.91 Å². The lowest BCUT2D eigenvalue weighted by Crippen LogP contribution is -2.13. The van der Waals surface area contributed by atoms with Crippen LogP contribution in [0.15, 0.2) is 60.2 Å². The maximum Gasteiger partial charge on any atom is 0.338 e.